The van der Waals surface area contributed by atoms with E-state index in [2.05, 4.69) is 38.3 Å². The van der Waals surface area contributed by atoms with E-state index in [1.807, 2.05) is 27.7 Å². The van der Waals surface area contributed by atoms with Gasteiger partial charge >= 0.3 is 11.9 Å². The summed E-state index contributed by atoms with van der Waals surface area (Å²) in [6.45, 7) is 17.1. The van der Waals surface area contributed by atoms with Crippen LogP contribution in [-0.2, 0) is 9.59 Å². The minimum atomic E-state index is -1.72. The minimum Gasteiger partial charge on any atom is -0.480 e. The molecule has 6 nitrogen and oxygen atoms in total. The fraction of sp³-hybridized carbons (Fsp3) is 0.920. The number of carbonyl (C=O) groups is 2. The molecule has 0 saturated carbocycles. The number of hydrogen-bond donors (Lipinski definition) is 4. The van der Waals surface area contributed by atoms with Gasteiger partial charge in [0.05, 0.1) is 0 Å². The number of unbranched alkanes of at least 4 members (excludes halogenated alkanes) is 1. The van der Waals surface area contributed by atoms with Crippen molar-refractivity contribution in [2.24, 2.45) is 17.3 Å². The normalized spacial score (nSPS) is 25.8. The Labute approximate surface area is 188 Å². The summed E-state index contributed by atoms with van der Waals surface area (Å²) in [5.41, 5.74) is -2.14. The van der Waals surface area contributed by atoms with Gasteiger partial charge in [0.25, 0.3) is 0 Å². The first-order chi connectivity index (χ1) is 13.9. The van der Waals surface area contributed by atoms with E-state index >= 15 is 0 Å². The van der Waals surface area contributed by atoms with Gasteiger partial charge in [-0.2, -0.15) is 0 Å². The molecule has 180 valence electrons. The number of rotatable bonds is 8. The molecule has 0 aliphatic carbocycles. The predicted octanol–water partition coefficient (Wildman–Crippen LogP) is 4.82. The molecule has 2 heterocycles. The van der Waals surface area contributed by atoms with E-state index in [4.69, 9.17) is 0 Å². The van der Waals surface area contributed by atoms with Crippen molar-refractivity contribution >= 4 is 11.9 Å². The van der Waals surface area contributed by atoms with Crippen LogP contribution in [0, 0.1) is 17.3 Å². The van der Waals surface area contributed by atoms with Crippen LogP contribution in [0.2, 0.25) is 0 Å². The highest BCUT2D eigenvalue weighted by molar-refractivity contribution is 5.98. The average molecular weight is 439 g/mol. The van der Waals surface area contributed by atoms with Crippen LogP contribution in [-0.4, -0.2) is 44.3 Å². The predicted molar refractivity (Wildman–Crippen MR) is 124 cm³/mol. The van der Waals surface area contributed by atoms with Crippen LogP contribution in [0.4, 0.5) is 0 Å². The zero-order chi connectivity index (χ0) is 23.9. The molecule has 2 saturated heterocycles. The highest BCUT2D eigenvalue weighted by Gasteiger charge is 2.56. The Morgan fingerprint density at radius 2 is 1.13 bits per heavy atom. The van der Waals surface area contributed by atoms with E-state index in [-0.39, 0.29) is 28.6 Å². The summed E-state index contributed by atoms with van der Waals surface area (Å²) in [5.74, 6) is -2.18. The Balaban J connectivity index is 2.10. The van der Waals surface area contributed by atoms with Gasteiger partial charge in [0.2, 0.25) is 0 Å². The first-order valence-corrected chi connectivity index (χ1v) is 12.0. The monoisotopic (exact) mass is 438 g/mol. The summed E-state index contributed by atoms with van der Waals surface area (Å²) in [6.07, 6.45) is 6.01. The van der Waals surface area contributed by atoms with Gasteiger partial charge in [-0.05, 0) is 99.3 Å². The SMILES string of the molecule is CC1(C)CC(CCCCC(C(=O)O)(C(=O)O)C2CC(C)(C)NC(C)(C)C2)CC(C)(C)N1. The lowest BCUT2D eigenvalue weighted by molar-refractivity contribution is -0.173. The van der Waals surface area contributed by atoms with Crippen LogP contribution < -0.4 is 10.6 Å². The van der Waals surface area contributed by atoms with Gasteiger partial charge in [-0.3, -0.25) is 9.59 Å². The summed E-state index contributed by atoms with van der Waals surface area (Å²) >= 11 is 0. The Bertz CT molecular complexity index is 635. The smallest absolute Gasteiger partial charge is 0.321 e. The molecule has 2 aliphatic rings. The molecule has 2 aliphatic heterocycles. The van der Waals surface area contributed by atoms with Crippen molar-refractivity contribution in [2.45, 2.75) is 129 Å². The second-order valence-corrected chi connectivity index (χ2v) is 13.0. The summed E-state index contributed by atoms with van der Waals surface area (Å²) in [6, 6.07) is 0. The molecule has 4 N–H and O–H groups in total. The maximum atomic E-state index is 12.4. The van der Waals surface area contributed by atoms with Gasteiger partial charge in [0.1, 0.15) is 0 Å². The molecular weight excluding hydrogens is 392 g/mol. The second-order valence-electron chi connectivity index (χ2n) is 13.0. The van der Waals surface area contributed by atoms with Crippen LogP contribution in [0.25, 0.3) is 0 Å². The minimum absolute atomic E-state index is 0.0879. The number of carboxylic acids is 2. The fourth-order valence-electron chi connectivity index (χ4n) is 7.10. The van der Waals surface area contributed by atoms with Crippen molar-refractivity contribution in [3.63, 3.8) is 0 Å². The molecule has 0 amide bonds. The van der Waals surface area contributed by atoms with Gasteiger partial charge in [-0.1, -0.05) is 19.3 Å². The third kappa shape index (κ3) is 6.44. The molecule has 0 radical (unpaired) electrons. The lowest BCUT2D eigenvalue weighted by Crippen LogP contribution is -2.62. The molecule has 0 aromatic heterocycles. The number of aliphatic carboxylic acids is 2. The van der Waals surface area contributed by atoms with E-state index in [1.54, 1.807) is 0 Å². The van der Waals surface area contributed by atoms with Gasteiger partial charge in [0.15, 0.2) is 5.41 Å². The Morgan fingerprint density at radius 3 is 1.52 bits per heavy atom. The van der Waals surface area contributed by atoms with Crippen molar-refractivity contribution in [3.05, 3.63) is 0 Å². The van der Waals surface area contributed by atoms with Gasteiger partial charge in [-0.15, -0.1) is 0 Å². The van der Waals surface area contributed by atoms with E-state index in [0.29, 0.717) is 25.2 Å². The van der Waals surface area contributed by atoms with Gasteiger partial charge in [0, 0.05) is 22.2 Å². The molecule has 2 rings (SSSR count). The first-order valence-electron chi connectivity index (χ1n) is 12.0. The number of piperidine rings is 2. The molecule has 6 heteroatoms. The van der Waals surface area contributed by atoms with E-state index in [0.717, 1.165) is 25.7 Å². The summed E-state index contributed by atoms with van der Waals surface area (Å²) in [7, 11) is 0. The second kappa shape index (κ2) is 8.66. The summed E-state index contributed by atoms with van der Waals surface area (Å²) in [4.78, 5) is 24.9. The molecule has 0 spiro atoms. The molecule has 2 fully saturated rings. The molecule has 31 heavy (non-hydrogen) atoms. The number of hydrogen-bond acceptors (Lipinski definition) is 4. The molecule has 0 bridgehead atoms. The molecule has 0 aromatic rings. The molecule has 0 aromatic carbocycles. The highest BCUT2D eigenvalue weighted by atomic mass is 16.4. The fourth-order valence-corrected chi connectivity index (χ4v) is 7.10. The largest absolute Gasteiger partial charge is 0.480 e. The van der Waals surface area contributed by atoms with E-state index < -0.39 is 23.3 Å². The molecule has 0 unspecified atom stereocenters. The van der Waals surface area contributed by atoms with E-state index in [1.165, 1.54) is 0 Å². The topological polar surface area (TPSA) is 98.7 Å². The Kier molecular flexibility index (Phi) is 7.30. The third-order valence-electron chi connectivity index (χ3n) is 7.36. The summed E-state index contributed by atoms with van der Waals surface area (Å²) < 4.78 is 0. The lowest BCUT2D eigenvalue weighted by Gasteiger charge is -2.50. The van der Waals surface area contributed by atoms with Crippen molar-refractivity contribution in [1.29, 1.82) is 0 Å². The summed E-state index contributed by atoms with van der Waals surface area (Å²) in [5, 5.41) is 27.6. The Morgan fingerprint density at radius 1 is 0.742 bits per heavy atom. The Hall–Kier alpha value is -1.14. The van der Waals surface area contributed by atoms with Crippen LogP contribution in [0.3, 0.4) is 0 Å². The zero-order valence-electron chi connectivity index (χ0n) is 21.0. The maximum absolute atomic E-state index is 12.4. The first kappa shape index (κ1) is 26.1. The van der Waals surface area contributed by atoms with Crippen molar-refractivity contribution < 1.29 is 19.8 Å². The number of carboxylic acid groups (broad SMARTS) is 2. The zero-order valence-corrected chi connectivity index (χ0v) is 21.0. The lowest BCUT2D eigenvalue weighted by atomic mass is 9.61. The maximum Gasteiger partial charge on any atom is 0.321 e. The van der Waals surface area contributed by atoms with Crippen LogP contribution in [0.1, 0.15) is 107 Å². The van der Waals surface area contributed by atoms with Crippen LogP contribution in [0.15, 0.2) is 0 Å². The van der Waals surface area contributed by atoms with Gasteiger partial charge in [-0.25, -0.2) is 0 Å². The third-order valence-corrected chi connectivity index (χ3v) is 7.36. The van der Waals surface area contributed by atoms with Crippen molar-refractivity contribution in [1.82, 2.24) is 10.6 Å². The van der Waals surface area contributed by atoms with Crippen LogP contribution >= 0.6 is 0 Å². The van der Waals surface area contributed by atoms with Crippen molar-refractivity contribution in [2.75, 3.05) is 0 Å². The average Bonchev–Trinajstić information content (AvgIpc) is 2.47. The van der Waals surface area contributed by atoms with Crippen LogP contribution in [0.5, 0.6) is 0 Å². The molecular formula is C25H46N2O4. The van der Waals surface area contributed by atoms with Gasteiger partial charge < -0.3 is 20.8 Å². The standard InChI is InChI=1S/C25H46N2O4/c1-21(2)13-17(14-22(3,4)26-21)11-9-10-12-25(19(28)29,20(30)31)18-15-23(5,6)27-24(7,8)16-18/h17-18,26-27H,9-16H2,1-8H3,(H,28,29)(H,30,31). The highest BCUT2D eigenvalue weighted by Crippen LogP contribution is 2.47. The van der Waals surface area contributed by atoms with E-state index in [9.17, 15) is 19.8 Å². The molecule has 0 atom stereocenters. The quantitative estimate of drug-likeness (QED) is 0.320. The van der Waals surface area contributed by atoms with Crippen molar-refractivity contribution in [3.8, 4) is 0 Å². The number of nitrogens with one attached hydrogen (secondary N) is 2.